The Morgan fingerprint density at radius 2 is 1.76 bits per heavy atom. The molecule has 0 aliphatic carbocycles. The topological polar surface area (TPSA) is 64.2 Å². The fourth-order valence-electron chi connectivity index (χ4n) is 2.99. The van der Waals surface area contributed by atoms with Crippen molar-refractivity contribution >= 4 is 34.1 Å². The number of aromatic nitrogens is 2. The monoisotopic (exact) mass is 426 g/mol. The number of para-hydroxylation sites is 1. The molecule has 146 valence electrons. The van der Waals surface area contributed by atoms with E-state index in [0.29, 0.717) is 43.8 Å². The molecule has 1 aromatic heterocycles. The van der Waals surface area contributed by atoms with Gasteiger partial charge in [-0.15, -0.1) is 0 Å². The molecule has 0 bridgehead atoms. The molecule has 0 radical (unpaired) electrons. The minimum atomic E-state index is -0.222. The Morgan fingerprint density at radius 3 is 2.55 bits per heavy atom. The Morgan fingerprint density at radius 1 is 1.00 bits per heavy atom. The average Bonchev–Trinajstić information content (AvgIpc) is 2.73. The molecule has 7 heteroatoms. The van der Waals surface area contributed by atoms with Crippen LogP contribution in [0.5, 0.6) is 11.5 Å². The van der Waals surface area contributed by atoms with Crippen molar-refractivity contribution in [3.63, 3.8) is 0 Å². The fourth-order valence-corrected chi connectivity index (χ4v) is 3.44. The van der Waals surface area contributed by atoms with Gasteiger partial charge in [0.15, 0.2) is 11.5 Å². The van der Waals surface area contributed by atoms with Gasteiger partial charge in [-0.3, -0.25) is 4.79 Å². The van der Waals surface area contributed by atoms with Crippen molar-refractivity contribution in [2.45, 2.75) is 6.61 Å². The van der Waals surface area contributed by atoms with E-state index in [9.17, 15) is 4.79 Å². The molecule has 29 heavy (non-hydrogen) atoms. The molecule has 4 aromatic rings. The van der Waals surface area contributed by atoms with Crippen LogP contribution in [-0.4, -0.2) is 17.1 Å². The number of ether oxygens (including phenoxy) is 2. The highest BCUT2D eigenvalue weighted by Gasteiger charge is 2.16. The molecular weight excluding hydrogens is 411 g/mol. The minimum absolute atomic E-state index is 0.222. The SMILES string of the molecule is COc1cc(-c2nc3ccccc3c(=O)[nH]2)cc(Cl)c1OCc1ccccc1Cl. The van der Waals surface area contributed by atoms with Gasteiger partial charge in [-0.2, -0.15) is 0 Å². The van der Waals surface area contributed by atoms with Crippen molar-refractivity contribution in [1.29, 1.82) is 0 Å². The number of methoxy groups -OCH3 is 1. The van der Waals surface area contributed by atoms with E-state index in [0.717, 1.165) is 5.56 Å². The number of fused-ring (bicyclic) bond motifs is 1. The molecule has 0 saturated heterocycles. The standard InChI is InChI=1S/C22H16Cl2N2O3/c1-28-19-11-14(21-25-18-9-5-3-7-15(18)22(27)26-21)10-17(24)20(19)29-12-13-6-2-4-8-16(13)23/h2-11H,12H2,1H3,(H,25,26,27). The second kappa shape index (κ2) is 8.15. The Bertz CT molecular complexity index is 1250. The summed E-state index contributed by atoms with van der Waals surface area (Å²) in [6.45, 7) is 0.236. The Kier molecular flexibility index (Phi) is 5.43. The third-order valence-electron chi connectivity index (χ3n) is 4.45. The molecule has 3 aromatic carbocycles. The maximum absolute atomic E-state index is 12.4. The summed E-state index contributed by atoms with van der Waals surface area (Å²) in [4.78, 5) is 19.7. The molecule has 1 N–H and O–H groups in total. The molecule has 4 rings (SSSR count). The van der Waals surface area contributed by atoms with Crippen LogP contribution in [0.25, 0.3) is 22.3 Å². The summed E-state index contributed by atoms with van der Waals surface area (Å²) in [5.41, 5.74) is 1.82. The van der Waals surface area contributed by atoms with Gasteiger partial charge in [0.25, 0.3) is 5.56 Å². The predicted octanol–water partition coefficient (Wildman–Crippen LogP) is 5.48. The summed E-state index contributed by atoms with van der Waals surface area (Å²) in [5.74, 6) is 1.21. The summed E-state index contributed by atoms with van der Waals surface area (Å²) in [7, 11) is 1.52. The summed E-state index contributed by atoms with van der Waals surface area (Å²) in [6.07, 6.45) is 0. The first-order chi connectivity index (χ1) is 14.1. The number of hydrogen-bond donors (Lipinski definition) is 1. The van der Waals surface area contributed by atoms with Gasteiger partial charge < -0.3 is 14.5 Å². The lowest BCUT2D eigenvalue weighted by molar-refractivity contribution is 0.285. The lowest BCUT2D eigenvalue weighted by Gasteiger charge is -2.15. The Hall–Kier alpha value is -3.02. The minimum Gasteiger partial charge on any atom is -0.493 e. The van der Waals surface area contributed by atoms with Crippen LogP contribution in [0.4, 0.5) is 0 Å². The third kappa shape index (κ3) is 3.92. The highest BCUT2D eigenvalue weighted by Crippen LogP contribution is 2.39. The number of benzene rings is 3. The van der Waals surface area contributed by atoms with Crippen LogP contribution in [0.1, 0.15) is 5.56 Å². The van der Waals surface area contributed by atoms with Gasteiger partial charge >= 0.3 is 0 Å². The van der Waals surface area contributed by atoms with Gasteiger partial charge in [0.2, 0.25) is 0 Å². The van der Waals surface area contributed by atoms with Crippen LogP contribution in [0.3, 0.4) is 0 Å². The summed E-state index contributed by atoms with van der Waals surface area (Å²) in [6, 6.07) is 17.9. The number of rotatable bonds is 5. The van der Waals surface area contributed by atoms with E-state index >= 15 is 0 Å². The van der Waals surface area contributed by atoms with Crippen LogP contribution >= 0.6 is 23.2 Å². The molecule has 1 heterocycles. The zero-order valence-electron chi connectivity index (χ0n) is 15.4. The van der Waals surface area contributed by atoms with Gasteiger partial charge in [0.1, 0.15) is 12.4 Å². The highest BCUT2D eigenvalue weighted by atomic mass is 35.5. The first-order valence-electron chi connectivity index (χ1n) is 8.80. The van der Waals surface area contributed by atoms with Crippen molar-refractivity contribution in [2.24, 2.45) is 0 Å². The van der Waals surface area contributed by atoms with E-state index in [1.807, 2.05) is 24.3 Å². The first kappa shape index (κ1) is 19.3. The van der Waals surface area contributed by atoms with Crippen LogP contribution in [-0.2, 0) is 6.61 Å². The normalized spacial score (nSPS) is 10.9. The summed E-state index contributed by atoms with van der Waals surface area (Å²) in [5, 5.41) is 1.47. The lowest BCUT2D eigenvalue weighted by Crippen LogP contribution is -2.09. The summed E-state index contributed by atoms with van der Waals surface area (Å²) >= 11 is 12.7. The zero-order chi connectivity index (χ0) is 20.4. The molecular formula is C22H16Cl2N2O3. The van der Waals surface area contributed by atoms with Gasteiger partial charge in [0, 0.05) is 16.1 Å². The van der Waals surface area contributed by atoms with E-state index < -0.39 is 0 Å². The second-order valence-corrected chi connectivity index (χ2v) is 7.12. The van der Waals surface area contributed by atoms with E-state index in [1.165, 1.54) is 7.11 Å². The Labute approximate surface area is 176 Å². The van der Waals surface area contributed by atoms with Crippen LogP contribution in [0.15, 0.2) is 65.5 Å². The first-order valence-corrected chi connectivity index (χ1v) is 9.55. The van der Waals surface area contributed by atoms with Crippen LogP contribution < -0.4 is 15.0 Å². The maximum atomic E-state index is 12.4. The quantitative estimate of drug-likeness (QED) is 0.458. The number of hydrogen-bond acceptors (Lipinski definition) is 4. The van der Waals surface area contributed by atoms with E-state index in [4.69, 9.17) is 32.7 Å². The van der Waals surface area contributed by atoms with E-state index in [1.54, 1.807) is 36.4 Å². The highest BCUT2D eigenvalue weighted by molar-refractivity contribution is 6.32. The van der Waals surface area contributed by atoms with E-state index in [2.05, 4.69) is 9.97 Å². The molecule has 0 amide bonds. The molecule has 0 fully saturated rings. The van der Waals surface area contributed by atoms with Crippen LogP contribution in [0.2, 0.25) is 10.0 Å². The molecule has 0 saturated carbocycles. The maximum Gasteiger partial charge on any atom is 0.259 e. The van der Waals surface area contributed by atoms with Crippen molar-refractivity contribution < 1.29 is 9.47 Å². The molecule has 0 spiro atoms. The Balaban J connectivity index is 1.71. The molecule has 0 aliphatic heterocycles. The lowest BCUT2D eigenvalue weighted by atomic mass is 10.1. The molecule has 5 nitrogen and oxygen atoms in total. The van der Waals surface area contributed by atoms with Gasteiger partial charge in [-0.25, -0.2) is 4.98 Å². The van der Waals surface area contributed by atoms with Gasteiger partial charge in [0.05, 0.1) is 23.0 Å². The smallest absolute Gasteiger partial charge is 0.259 e. The van der Waals surface area contributed by atoms with Crippen molar-refractivity contribution in [2.75, 3.05) is 7.11 Å². The average molecular weight is 427 g/mol. The van der Waals surface area contributed by atoms with Crippen LogP contribution in [0, 0.1) is 0 Å². The number of aromatic amines is 1. The van der Waals surface area contributed by atoms with Crippen molar-refractivity contribution in [3.8, 4) is 22.9 Å². The van der Waals surface area contributed by atoms with Gasteiger partial charge in [-0.1, -0.05) is 53.5 Å². The predicted molar refractivity (Wildman–Crippen MR) is 115 cm³/mol. The summed E-state index contributed by atoms with van der Waals surface area (Å²) < 4.78 is 11.3. The van der Waals surface area contributed by atoms with E-state index in [-0.39, 0.29) is 12.2 Å². The van der Waals surface area contributed by atoms with Crippen molar-refractivity contribution in [3.05, 3.63) is 86.6 Å². The molecule has 0 aliphatic rings. The number of nitrogens with one attached hydrogen (secondary N) is 1. The second-order valence-electron chi connectivity index (χ2n) is 6.30. The third-order valence-corrected chi connectivity index (χ3v) is 5.10. The molecule has 0 atom stereocenters. The van der Waals surface area contributed by atoms with Gasteiger partial charge in [-0.05, 0) is 30.3 Å². The number of H-pyrrole nitrogens is 1. The van der Waals surface area contributed by atoms with Crippen molar-refractivity contribution in [1.82, 2.24) is 9.97 Å². The largest absolute Gasteiger partial charge is 0.493 e. The fraction of sp³-hybridized carbons (Fsp3) is 0.0909. The zero-order valence-corrected chi connectivity index (χ0v) is 16.9. The number of halogens is 2. The number of nitrogens with zero attached hydrogens (tertiary/aromatic N) is 1. The molecule has 0 unspecified atom stereocenters.